The second kappa shape index (κ2) is 5.28. The molecule has 19 heavy (non-hydrogen) atoms. The van der Waals surface area contributed by atoms with E-state index in [1.54, 1.807) is 0 Å². The number of hydrogen-bond acceptors (Lipinski definition) is 3. The molecule has 1 saturated heterocycles. The molecule has 0 amide bonds. The van der Waals surface area contributed by atoms with Crippen LogP contribution in [0, 0.1) is 11.8 Å². The van der Waals surface area contributed by atoms with Crippen LogP contribution in [0.5, 0.6) is 0 Å². The number of anilines is 1. The molecule has 1 aliphatic heterocycles. The standard InChI is InChI=1S/C15H22ClN3/c1-10(2)11-5-7-19(8-6-11)14-9-13(16)17-15(18-14)12-3-4-12/h9-12H,3-8H2,1-2H3. The largest absolute Gasteiger partial charge is 0.356 e. The van der Waals surface area contributed by atoms with Crippen LogP contribution >= 0.6 is 11.6 Å². The summed E-state index contributed by atoms with van der Waals surface area (Å²) in [6, 6.07) is 1.92. The highest BCUT2D eigenvalue weighted by Gasteiger charge is 2.28. The van der Waals surface area contributed by atoms with Gasteiger partial charge in [0, 0.05) is 25.1 Å². The quantitative estimate of drug-likeness (QED) is 0.786. The first kappa shape index (κ1) is 13.2. The highest BCUT2D eigenvalue weighted by molar-refractivity contribution is 6.29. The number of halogens is 1. The summed E-state index contributed by atoms with van der Waals surface area (Å²) in [5.41, 5.74) is 0. The fourth-order valence-corrected chi connectivity index (χ4v) is 3.09. The molecule has 0 aromatic carbocycles. The summed E-state index contributed by atoms with van der Waals surface area (Å²) in [6.07, 6.45) is 4.96. The van der Waals surface area contributed by atoms with Crippen molar-refractivity contribution >= 4 is 17.4 Å². The Labute approximate surface area is 120 Å². The van der Waals surface area contributed by atoms with Crippen molar-refractivity contribution in [2.75, 3.05) is 18.0 Å². The van der Waals surface area contributed by atoms with Crippen molar-refractivity contribution in [1.82, 2.24) is 9.97 Å². The maximum absolute atomic E-state index is 6.14. The SMILES string of the molecule is CC(C)C1CCN(c2cc(Cl)nc(C3CC3)n2)CC1. The van der Waals surface area contributed by atoms with Gasteiger partial charge >= 0.3 is 0 Å². The molecule has 0 bridgehead atoms. The monoisotopic (exact) mass is 279 g/mol. The number of nitrogens with zero attached hydrogens (tertiary/aromatic N) is 3. The minimum atomic E-state index is 0.561. The average molecular weight is 280 g/mol. The predicted molar refractivity (Wildman–Crippen MR) is 78.8 cm³/mol. The van der Waals surface area contributed by atoms with Crippen LogP contribution in [-0.2, 0) is 0 Å². The molecule has 0 radical (unpaired) electrons. The summed E-state index contributed by atoms with van der Waals surface area (Å²) in [5.74, 6) is 4.19. The third-order valence-corrected chi connectivity index (χ3v) is 4.64. The molecular weight excluding hydrogens is 258 g/mol. The Morgan fingerprint density at radius 1 is 1.16 bits per heavy atom. The molecule has 2 fully saturated rings. The summed E-state index contributed by atoms with van der Waals surface area (Å²) in [7, 11) is 0. The van der Waals surface area contributed by atoms with Crippen molar-refractivity contribution in [2.45, 2.75) is 45.4 Å². The summed E-state index contributed by atoms with van der Waals surface area (Å²) >= 11 is 6.14. The number of rotatable bonds is 3. The van der Waals surface area contributed by atoms with Crippen LogP contribution in [0.4, 0.5) is 5.82 Å². The molecule has 1 aliphatic carbocycles. The van der Waals surface area contributed by atoms with E-state index in [0.29, 0.717) is 11.1 Å². The van der Waals surface area contributed by atoms with Gasteiger partial charge in [-0.05, 0) is 37.5 Å². The Bertz CT molecular complexity index is 449. The van der Waals surface area contributed by atoms with Gasteiger partial charge in [0.05, 0.1) is 0 Å². The van der Waals surface area contributed by atoms with Gasteiger partial charge < -0.3 is 4.90 Å². The van der Waals surface area contributed by atoms with Gasteiger partial charge in [0.15, 0.2) is 0 Å². The van der Waals surface area contributed by atoms with Crippen molar-refractivity contribution in [2.24, 2.45) is 11.8 Å². The molecule has 1 aromatic heterocycles. The van der Waals surface area contributed by atoms with E-state index in [1.807, 2.05) is 6.07 Å². The number of aromatic nitrogens is 2. The lowest BCUT2D eigenvalue weighted by molar-refractivity contribution is 0.310. The predicted octanol–water partition coefficient (Wildman–Crippen LogP) is 3.88. The Morgan fingerprint density at radius 2 is 1.84 bits per heavy atom. The third kappa shape index (κ3) is 3.02. The van der Waals surface area contributed by atoms with E-state index in [-0.39, 0.29) is 0 Å². The van der Waals surface area contributed by atoms with Gasteiger partial charge in [-0.25, -0.2) is 9.97 Å². The van der Waals surface area contributed by atoms with Gasteiger partial charge in [-0.2, -0.15) is 0 Å². The lowest BCUT2D eigenvalue weighted by atomic mass is 9.87. The van der Waals surface area contributed by atoms with Crippen LogP contribution in [0.25, 0.3) is 0 Å². The van der Waals surface area contributed by atoms with Crippen LogP contribution in [-0.4, -0.2) is 23.1 Å². The molecule has 3 rings (SSSR count). The second-order valence-corrected chi connectivity index (χ2v) is 6.64. The van der Waals surface area contributed by atoms with Crippen LogP contribution in [0.15, 0.2) is 6.07 Å². The highest BCUT2D eigenvalue weighted by Crippen LogP contribution is 2.39. The van der Waals surface area contributed by atoms with Crippen LogP contribution in [0.3, 0.4) is 0 Å². The van der Waals surface area contributed by atoms with Gasteiger partial charge in [-0.3, -0.25) is 0 Å². The molecule has 0 unspecified atom stereocenters. The van der Waals surface area contributed by atoms with E-state index >= 15 is 0 Å². The van der Waals surface area contributed by atoms with Crippen molar-refractivity contribution in [1.29, 1.82) is 0 Å². The van der Waals surface area contributed by atoms with Crippen molar-refractivity contribution in [3.63, 3.8) is 0 Å². The van der Waals surface area contributed by atoms with Gasteiger partial charge in [-0.15, -0.1) is 0 Å². The molecule has 3 nitrogen and oxygen atoms in total. The van der Waals surface area contributed by atoms with Gasteiger partial charge in [0.25, 0.3) is 0 Å². The minimum Gasteiger partial charge on any atom is -0.356 e. The maximum Gasteiger partial charge on any atom is 0.135 e. The van der Waals surface area contributed by atoms with E-state index in [0.717, 1.165) is 36.6 Å². The van der Waals surface area contributed by atoms with E-state index in [2.05, 4.69) is 23.7 Å². The molecule has 2 heterocycles. The van der Waals surface area contributed by atoms with E-state index in [4.69, 9.17) is 16.6 Å². The molecule has 4 heteroatoms. The highest BCUT2D eigenvalue weighted by atomic mass is 35.5. The van der Waals surface area contributed by atoms with Gasteiger partial charge in [0.2, 0.25) is 0 Å². The average Bonchev–Trinajstić information content (AvgIpc) is 3.22. The van der Waals surface area contributed by atoms with E-state index in [1.165, 1.54) is 25.7 Å². The summed E-state index contributed by atoms with van der Waals surface area (Å²) in [6.45, 7) is 6.85. The van der Waals surface area contributed by atoms with Crippen molar-refractivity contribution in [3.8, 4) is 0 Å². The Morgan fingerprint density at radius 3 is 2.42 bits per heavy atom. The normalized spacial score (nSPS) is 21.2. The van der Waals surface area contributed by atoms with Crippen molar-refractivity contribution < 1.29 is 0 Å². The summed E-state index contributed by atoms with van der Waals surface area (Å²) in [4.78, 5) is 11.5. The van der Waals surface area contributed by atoms with Crippen LogP contribution in [0.1, 0.15) is 51.3 Å². The number of hydrogen-bond donors (Lipinski definition) is 0. The smallest absolute Gasteiger partial charge is 0.135 e. The summed E-state index contributed by atoms with van der Waals surface area (Å²) < 4.78 is 0. The zero-order chi connectivity index (χ0) is 13.4. The maximum atomic E-state index is 6.14. The summed E-state index contributed by atoms with van der Waals surface area (Å²) in [5, 5.41) is 0.595. The first-order valence-electron chi connectivity index (χ1n) is 7.43. The Hall–Kier alpha value is -0.830. The topological polar surface area (TPSA) is 29.0 Å². The molecule has 0 spiro atoms. The molecule has 0 N–H and O–H groups in total. The third-order valence-electron chi connectivity index (χ3n) is 4.45. The minimum absolute atomic E-state index is 0.561. The fraction of sp³-hybridized carbons (Fsp3) is 0.733. The Balaban J connectivity index is 1.72. The zero-order valence-corrected chi connectivity index (χ0v) is 12.5. The Kier molecular flexibility index (Phi) is 3.66. The van der Waals surface area contributed by atoms with E-state index < -0.39 is 0 Å². The lowest BCUT2D eigenvalue weighted by Gasteiger charge is -2.34. The molecule has 1 saturated carbocycles. The van der Waals surface area contributed by atoms with Gasteiger partial charge in [0.1, 0.15) is 16.8 Å². The van der Waals surface area contributed by atoms with Crippen LogP contribution in [0.2, 0.25) is 5.15 Å². The first-order valence-corrected chi connectivity index (χ1v) is 7.80. The number of piperidine rings is 1. The van der Waals surface area contributed by atoms with Crippen molar-refractivity contribution in [3.05, 3.63) is 17.0 Å². The molecular formula is C15H22ClN3. The molecule has 1 aromatic rings. The zero-order valence-electron chi connectivity index (χ0n) is 11.8. The lowest BCUT2D eigenvalue weighted by Crippen LogP contribution is -2.35. The molecule has 2 aliphatic rings. The van der Waals surface area contributed by atoms with Crippen LogP contribution < -0.4 is 4.90 Å². The second-order valence-electron chi connectivity index (χ2n) is 6.25. The van der Waals surface area contributed by atoms with E-state index in [9.17, 15) is 0 Å². The fourth-order valence-electron chi connectivity index (χ4n) is 2.90. The molecule has 104 valence electrons. The van der Waals surface area contributed by atoms with Gasteiger partial charge in [-0.1, -0.05) is 25.4 Å². The molecule has 0 atom stereocenters. The first-order chi connectivity index (χ1) is 9.13.